The molecule has 0 fully saturated rings. The van der Waals surface area contributed by atoms with E-state index < -0.39 is 0 Å². The van der Waals surface area contributed by atoms with Crippen molar-refractivity contribution in [3.8, 4) is 0 Å². The highest BCUT2D eigenvalue weighted by atomic mass is 16.2. The van der Waals surface area contributed by atoms with Crippen molar-refractivity contribution in [3.63, 3.8) is 0 Å². The summed E-state index contributed by atoms with van der Waals surface area (Å²) in [6.45, 7) is 0.455. The van der Waals surface area contributed by atoms with Gasteiger partial charge in [-0.05, 0) is 25.7 Å². The van der Waals surface area contributed by atoms with Crippen molar-refractivity contribution in [2.75, 3.05) is 20.6 Å². The fourth-order valence-corrected chi connectivity index (χ4v) is 2.95. The third-order valence-electron chi connectivity index (χ3n) is 4.26. The van der Waals surface area contributed by atoms with E-state index in [1.165, 1.54) is 6.07 Å². The van der Waals surface area contributed by atoms with Crippen LogP contribution in [0.25, 0.3) is 10.9 Å². The molecule has 0 bridgehead atoms. The molecule has 1 heterocycles. The maximum Gasteiger partial charge on any atom is 0.252 e. The number of para-hydroxylation sites is 1. The summed E-state index contributed by atoms with van der Waals surface area (Å²) in [7, 11) is 3.96. The molecular formula is C20H21N3O2. The quantitative estimate of drug-likeness (QED) is 0.753. The smallest absolute Gasteiger partial charge is 0.252 e. The van der Waals surface area contributed by atoms with E-state index in [9.17, 15) is 9.59 Å². The van der Waals surface area contributed by atoms with E-state index in [1.807, 2.05) is 62.6 Å². The summed E-state index contributed by atoms with van der Waals surface area (Å²) in [5.74, 6) is -0.245. The first-order chi connectivity index (χ1) is 12.1. The number of benzene rings is 2. The van der Waals surface area contributed by atoms with Crippen molar-refractivity contribution >= 4 is 16.8 Å². The number of hydrogen-bond donors (Lipinski definition) is 2. The molecule has 2 N–H and O–H groups in total. The fourth-order valence-electron chi connectivity index (χ4n) is 2.95. The number of aromatic nitrogens is 1. The van der Waals surface area contributed by atoms with Crippen molar-refractivity contribution in [1.82, 2.24) is 15.2 Å². The number of amides is 1. The van der Waals surface area contributed by atoms with E-state index in [4.69, 9.17) is 0 Å². The number of likely N-dealkylation sites (N-methyl/N-ethyl adjacent to an activating group) is 1. The van der Waals surface area contributed by atoms with E-state index >= 15 is 0 Å². The van der Waals surface area contributed by atoms with Crippen LogP contribution in [0, 0.1) is 0 Å². The largest absolute Gasteiger partial charge is 0.350 e. The highest BCUT2D eigenvalue weighted by Gasteiger charge is 2.17. The summed E-state index contributed by atoms with van der Waals surface area (Å²) in [6, 6.07) is 18.7. The molecule has 2 aromatic carbocycles. The molecule has 0 radical (unpaired) electrons. The molecule has 0 aliphatic heterocycles. The van der Waals surface area contributed by atoms with E-state index in [0.717, 1.165) is 10.9 Å². The van der Waals surface area contributed by atoms with Crippen molar-refractivity contribution in [3.05, 3.63) is 82.1 Å². The Kier molecular flexibility index (Phi) is 4.95. The predicted octanol–water partition coefficient (Wildman–Crippen LogP) is 2.56. The Bertz CT molecular complexity index is 932. The lowest BCUT2D eigenvalue weighted by atomic mass is 10.1. The van der Waals surface area contributed by atoms with Crippen molar-refractivity contribution in [1.29, 1.82) is 0 Å². The lowest BCUT2D eigenvalue weighted by Crippen LogP contribution is -2.35. The molecule has 25 heavy (non-hydrogen) atoms. The van der Waals surface area contributed by atoms with Gasteiger partial charge in [0, 0.05) is 23.5 Å². The van der Waals surface area contributed by atoms with Crippen LogP contribution in [0.5, 0.6) is 0 Å². The minimum absolute atomic E-state index is 0.0541. The first kappa shape index (κ1) is 16.9. The van der Waals surface area contributed by atoms with Crippen LogP contribution in [0.3, 0.4) is 0 Å². The molecule has 0 spiro atoms. The standard InChI is InChI=1S/C20H21N3O2/c1-23(2)18(14-8-4-3-5-9-14)13-21-20(25)16-12-19(24)22-17-11-7-6-10-15(16)17/h3-12,18H,13H2,1-2H3,(H,21,25)(H,22,24)/t18-/m0/s1. The van der Waals surface area contributed by atoms with Gasteiger partial charge in [-0.1, -0.05) is 48.5 Å². The van der Waals surface area contributed by atoms with Crippen LogP contribution in [0.1, 0.15) is 22.0 Å². The molecule has 1 atom stereocenters. The number of aromatic amines is 1. The van der Waals surface area contributed by atoms with Crippen LogP contribution in [0.4, 0.5) is 0 Å². The summed E-state index contributed by atoms with van der Waals surface area (Å²) >= 11 is 0. The fraction of sp³-hybridized carbons (Fsp3) is 0.200. The normalized spacial score (nSPS) is 12.3. The van der Waals surface area contributed by atoms with Gasteiger partial charge in [-0.2, -0.15) is 0 Å². The summed E-state index contributed by atoms with van der Waals surface area (Å²) in [4.78, 5) is 29.3. The summed E-state index contributed by atoms with van der Waals surface area (Å²) < 4.78 is 0. The molecule has 0 saturated carbocycles. The average Bonchev–Trinajstić information content (AvgIpc) is 2.61. The highest BCUT2D eigenvalue weighted by Crippen LogP contribution is 2.18. The molecule has 3 aromatic rings. The molecule has 0 aliphatic carbocycles. The minimum atomic E-state index is -0.281. The van der Waals surface area contributed by atoms with Gasteiger partial charge < -0.3 is 15.2 Å². The molecule has 5 heteroatoms. The zero-order valence-corrected chi connectivity index (χ0v) is 14.3. The number of rotatable bonds is 5. The lowest BCUT2D eigenvalue weighted by Gasteiger charge is -2.25. The Balaban J connectivity index is 1.84. The van der Waals surface area contributed by atoms with Crippen LogP contribution in [0.2, 0.25) is 0 Å². The zero-order chi connectivity index (χ0) is 17.8. The topological polar surface area (TPSA) is 65.2 Å². The number of fused-ring (bicyclic) bond motifs is 1. The molecule has 128 valence electrons. The summed E-state index contributed by atoms with van der Waals surface area (Å²) in [5, 5.41) is 3.70. The first-order valence-electron chi connectivity index (χ1n) is 8.18. The second-order valence-corrected chi connectivity index (χ2v) is 6.19. The molecular weight excluding hydrogens is 314 g/mol. The molecule has 5 nitrogen and oxygen atoms in total. The number of hydrogen-bond acceptors (Lipinski definition) is 3. The Morgan fingerprint density at radius 1 is 1.08 bits per heavy atom. The number of nitrogens with zero attached hydrogens (tertiary/aromatic N) is 1. The molecule has 1 amide bonds. The number of carbonyl (C=O) groups is 1. The number of H-pyrrole nitrogens is 1. The minimum Gasteiger partial charge on any atom is -0.350 e. The molecule has 0 aliphatic rings. The molecule has 1 aromatic heterocycles. The van der Waals surface area contributed by atoms with Gasteiger partial charge in [-0.15, -0.1) is 0 Å². The Labute approximate surface area is 146 Å². The van der Waals surface area contributed by atoms with Gasteiger partial charge >= 0.3 is 0 Å². The van der Waals surface area contributed by atoms with E-state index in [0.29, 0.717) is 17.6 Å². The Hall–Kier alpha value is -2.92. The maximum absolute atomic E-state index is 12.7. The number of pyridine rings is 1. The molecule has 0 saturated heterocycles. The third kappa shape index (κ3) is 3.78. The Morgan fingerprint density at radius 3 is 2.48 bits per heavy atom. The second kappa shape index (κ2) is 7.32. The highest BCUT2D eigenvalue weighted by molar-refractivity contribution is 6.05. The van der Waals surface area contributed by atoms with Crippen LogP contribution in [0.15, 0.2) is 65.5 Å². The van der Waals surface area contributed by atoms with Gasteiger partial charge in [0.15, 0.2) is 0 Å². The summed E-state index contributed by atoms with van der Waals surface area (Å²) in [6.07, 6.45) is 0. The maximum atomic E-state index is 12.7. The van der Waals surface area contributed by atoms with Crippen LogP contribution in [-0.4, -0.2) is 36.4 Å². The van der Waals surface area contributed by atoms with Crippen molar-refractivity contribution in [2.45, 2.75) is 6.04 Å². The first-order valence-corrected chi connectivity index (χ1v) is 8.18. The van der Waals surface area contributed by atoms with Gasteiger partial charge in [0.1, 0.15) is 0 Å². The monoisotopic (exact) mass is 335 g/mol. The molecule has 0 unspecified atom stereocenters. The zero-order valence-electron chi connectivity index (χ0n) is 14.3. The van der Waals surface area contributed by atoms with Gasteiger partial charge in [0.2, 0.25) is 5.56 Å². The molecule has 3 rings (SSSR count). The number of carbonyl (C=O) groups excluding carboxylic acids is 1. The van der Waals surface area contributed by atoms with Gasteiger partial charge in [-0.25, -0.2) is 0 Å². The average molecular weight is 335 g/mol. The predicted molar refractivity (Wildman–Crippen MR) is 99.8 cm³/mol. The van der Waals surface area contributed by atoms with E-state index in [1.54, 1.807) is 6.07 Å². The van der Waals surface area contributed by atoms with Crippen LogP contribution >= 0.6 is 0 Å². The van der Waals surface area contributed by atoms with E-state index in [-0.39, 0.29) is 17.5 Å². The Morgan fingerprint density at radius 2 is 1.76 bits per heavy atom. The van der Waals surface area contributed by atoms with Gasteiger partial charge in [-0.3, -0.25) is 9.59 Å². The van der Waals surface area contributed by atoms with Crippen molar-refractivity contribution in [2.24, 2.45) is 0 Å². The van der Waals surface area contributed by atoms with Crippen LogP contribution < -0.4 is 10.9 Å². The van der Waals surface area contributed by atoms with Crippen LogP contribution in [-0.2, 0) is 0 Å². The third-order valence-corrected chi connectivity index (χ3v) is 4.26. The summed E-state index contributed by atoms with van der Waals surface area (Å²) in [5.41, 5.74) is 1.90. The second-order valence-electron chi connectivity index (χ2n) is 6.19. The van der Waals surface area contributed by atoms with E-state index in [2.05, 4.69) is 15.2 Å². The SMILES string of the molecule is CN(C)[C@@H](CNC(=O)c1cc(=O)[nH]c2ccccc12)c1ccccc1. The van der Waals surface area contributed by atoms with Gasteiger partial charge in [0.05, 0.1) is 11.6 Å². The lowest BCUT2D eigenvalue weighted by molar-refractivity contribution is 0.0943. The van der Waals surface area contributed by atoms with Crippen molar-refractivity contribution < 1.29 is 4.79 Å². The van der Waals surface area contributed by atoms with Gasteiger partial charge in [0.25, 0.3) is 5.91 Å². The number of nitrogens with one attached hydrogen (secondary N) is 2.